The predicted octanol–water partition coefficient (Wildman–Crippen LogP) is 13.7. The summed E-state index contributed by atoms with van der Waals surface area (Å²) in [6, 6.07) is 0. The summed E-state index contributed by atoms with van der Waals surface area (Å²) < 4.78 is 148. The monoisotopic (exact) mass is 903 g/mol. The van der Waals surface area contributed by atoms with Crippen LogP contribution in [0, 0.1) is 5.92 Å². The lowest BCUT2D eigenvalue weighted by Crippen LogP contribution is -2.36. The summed E-state index contributed by atoms with van der Waals surface area (Å²) in [6.07, 6.45) is 8.17. The number of unbranched alkanes of at least 4 members (excludes halogenated alkanes) is 15. The van der Waals surface area contributed by atoms with Crippen LogP contribution in [0.1, 0.15) is 174 Å². The summed E-state index contributed by atoms with van der Waals surface area (Å²) in [4.78, 5) is 24.5. The Balaban J connectivity index is 4.40. The van der Waals surface area contributed by atoms with Crippen LogP contribution in [0.4, 0.5) is 43.9 Å². The Morgan fingerprint density at radius 2 is 0.934 bits per heavy atom. The van der Waals surface area contributed by atoms with E-state index in [1.165, 1.54) is 19.3 Å². The molecule has 1 atom stereocenters. The number of rotatable bonds is 40. The first-order valence-corrected chi connectivity index (χ1v) is 22.2. The van der Waals surface area contributed by atoms with Crippen LogP contribution in [-0.4, -0.2) is 80.6 Å². The highest BCUT2D eigenvalue weighted by molar-refractivity contribution is 5.69. The normalized spacial score (nSPS) is 13.5. The molecule has 0 aliphatic heterocycles. The summed E-state index contributed by atoms with van der Waals surface area (Å²) in [5.41, 5.74) is 0. The van der Waals surface area contributed by atoms with Gasteiger partial charge in [0.25, 0.3) is 0 Å². The van der Waals surface area contributed by atoms with Crippen molar-refractivity contribution in [3.8, 4) is 0 Å². The van der Waals surface area contributed by atoms with E-state index in [1.54, 1.807) is 0 Å². The highest BCUT2D eigenvalue weighted by atomic mass is 19.4. The highest BCUT2D eigenvalue weighted by Crippen LogP contribution is 2.40. The lowest BCUT2D eigenvalue weighted by atomic mass is 10.1. The van der Waals surface area contributed by atoms with Crippen LogP contribution in [0.3, 0.4) is 0 Å². The van der Waals surface area contributed by atoms with Crippen LogP contribution in [0.2, 0.25) is 0 Å². The van der Waals surface area contributed by atoms with Gasteiger partial charge in [0.15, 0.2) is 6.29 Å². The van der Waals surface area contributed by atoms with E-state index in [0.29, 0.717) is 51.4 Å². The van der Waals surface area contributed by atoms with Crippen molar-refractivity contribution >= 4 is 11.9 Å². The number of carbonyl (C=O) groups is 2. The zero-order valence-corrected chi connectivity index (χ0v) is 36.1. The molecule has 0 saturated carbocycles. The molecule has 0 aliphatic carbocycles. The smallest absolute Gasteiger partial charge is 0.453 e. The lowest BCUT2D eigenvalue weighted by molar-refractivity contribution is -0.284. The standard InChI is InChI=1S/C44H72F10O7/c1-2-3-4-5-6-7-8-9-10-11-12-13-14-15-20-27-38(56)60-35-37(34-55)36-61-39(57)28-21-22-29-40(58-32-25-18-16-23-30-41(45,46)43(49,50)51)59-33-26-19-17-24-31-42(47,48)44(52,53)54/h6-7,9-10,37,40,55H,2-5,8,11-36H2,1H3/b7-6-,10-9-. The fourth-order valence-corrected chi connectivity index (χ4v) is 5.91. The molecular weight excluding hydrogens is 830 g/mol. The first-order chi connectivity index (χ1) is 28.9. The molecule has 0 saturated heterocycles. The van der Waals surface area contributed by atoms with Gasteiger partial charge in [-0.3, -0.25) is 9.59 Å². The number of hydrogen-bond acceptors (Lipinski definition) is 7. The average molecular weight is 903 g/mol. The third-order valence-corrected chi connectivity index (χ3v) is 9.83. The van der Waals surface area contributed by atoms with Crippen LogP contribution >= 0.6 is 0 Å². The molecule has 0 aliphatic rings. The Kier molecular flexibility index (Phi) is 33.6. The van der Waals surface area contributed by atoms with Crippen molar-refractivity contribution in [1.29, 1.82) is 0 Å². The van der Waals surface area contributed by atoms with Gasteiger partial charge in [0, 0.05) is 38.9 Å². The van der Waals surface area contributed by atoms with E-state index < -0.39 is 55.2 Å². The summed E-state index contributed by atoms with van der Waals surface area (Å²) in [5.74, 6) is -11.0. The molecule has 0 aromatic heterocycles. The topological polar surface area (TPSA) is 91.3 Å². The zero-order valence-electron chi connectivity index (χ0n) is 36.1. The number of aliphatic hydroxyl groups excluding tert-OH is 1. The maximum Gasteiger partial charge on any atom is 0.453 e. The van der Waals surface area contributed by atoms with Gasteiger partial charge in [0.05, 0.1) is 25.7 Å². The van der Waals surface area contributed by atoms with Gasteiger partial charge < -0.3 is 24.1 Å². The van der Waals surface area contributed by atoms with E-state index in [4.69, 9.17) is 18.9 Å². The van der Waals surface area contributed by atoms with Crippen LogP contribution in [0.25, 0.3) is 0 Å². The molecule has 17 heteroatoms. The van der Waals surface area contributed by atoms with Crippen LogP contribution in [0.5, 0.6) is 0 Å². The van der Waals surface area contributed by atoms with Gasteiger partial charge in [-0.05, 0) is 83.5 Å². The van der Waals surface area contributed by atoms with E-state index >= 15 is 0 Å². The Morgan fingerprint density at radius 1 is 0.525 bits per heavy atom. The molecule has 360 valence electrons. The summed E-state index contributed by atoms with van der Waals surface area (Å²) >= 11 is 0. The first kappa shape index (κ1) is 58.6. The second-order valence-electron chi connectivity index (χ2n) is 15.5. The minimum Gasteiger partial charge on any atom is -0.465 e. The number of ether oxygens (including phenoxy) is 4. The first-order valence-electron chi connectivity index (χ1n) is 22.2. The third kappa shape index (κ3) is 32.9. The summed E-state index contributed by atoms with van der Waals surface area (Å²) in [6.45, 7) is 1.78. The SMILES string of the molecule is CCCCC/C=C\C/C=C\CCCCCCCC(=O)OCC(CO)COC(=O)CCCCC(OCCCCCCC(F)(F)C(F)(F)F)OCCCCCCC(F)(F)C(F)(F)F. The molecule has 0 radical (unpaired) electrons. The Hall–Kier alpha value is -2.40. The van der Waals surface area contributed by atoms with Gasteiger partial charge in [0.2, 0.25) is 0 Å². The number of hydrogen-bond donors (Lipinski definition) is 1. The number of carbonyl (C=O) groups excluding carboxylic acids is 2. The van der Waals surface area contributed by atoms with E-state index in [0.717, 1.165) is 44.9 Å². The predicted molar refractivity (Wildman–Crippen MR) is 214 cm³/mol. The van der Waals surface area contributed by atoms with Gasteiger partial charge in [-0.15, -0.1) is 0 Å². The molecule has 1 N–H and O–H groups in total. The maximum absolute atomic E-state index is 13.1. The second kappa shape index (κ2) is 35.0. The molecular formula is C44H72F10O7. The van der Waals surface area contributed by atoms with Gasteiger partial charge in [0.1, 0.15) is 0 Å². The minimum absolute atomic E-state index is 0.0165. The molecule has 0 aromatic carbocycles. The molecule has 0 bridgehead atoms. The molecule has 0 heterocycles. The molecule has 0 amide bonds. The highest BCUT2D eigenvalue weighted by Gasteiger charge is 2.57. The van der Waals surface area contributed by atoms with Crippen LogP contribution < -0.4 is 0 Å². The second-order valence-corrected chi connectivity index (χ2v) is 15.5. The van der Waals surface area contributed by atoms with Crippen molar-refractivity contribution in [2.45, 2.75) is 204 Å². The lowest BCUT2D eigenvalue weighted by Gasteiger charge is -2.20. The molecule has 0 spiro atoms. The van der Waals surface area contributed by atoms with Crippen molar-refractivity contribution in [3.05, 3.63) is 24.3 Å². The Morgan fingerprint density at radius 3 is 1.39 bits per heavy atom. The number of aliphatic hydroxyl groups is 1. The quantitative estimate of drug-likeness (QED) is 0.0215. The molecule has 0 aromatic rings. The average Bonchev–Trinajstić information content (AvgIpc) is 3.18. The van der Waals surface area contributed by atoms with Crippen molar-refractivity contribution < 1.29 is 77.5 Å². The van der Waals surface area contributed by atoms with Crippen molar-refractivity contribution in [1.82, 2.24) is 0 Å². The number of esters is 2. The zero-order chi connectivity index (χ0) is 45.9. The van der Waals surface area contributed by atoms with E-state index in [-0.39, 0.29) is 77.5 Å². The molecule has 61 heavy (non-hydrogen) atoms. The van der Waals surface area contributed by atoms with Gasteiger partial charge in [-0.25, -0.2) is 0 Å². The van der Waals surface area contributed by atoms with Gasteiger partial charge in [-0.2, -0.15) is 43.9 Å². The number of allylic oxidation sites excluding steroid dienone is 4. The Bertz CT molecular complexity index is 1110. The third-order valence-electron chi connectivity index (χ3n) is 9.83. The molecule has 0 rings (SSSR count). The molecule has 0 fully saturated rings. The maximum atomic E-state index is 13.1. The number of alkyl halides is 10. The van der Waals surface area contributed by atoms with E-state index in [1.807, 2.05) is 0 Å². The summed E-state index contributed by atoms with van der Waals surface area (Å²) in [5, 5.41) is 9.67. The fraction of sp³-hybridized carbons (Fsp3) is 0.864. The number of halogens is 10. The van der Waals surface area contributed by atoms with Crippen molar-refractivity contribution in [2.24, 2.45) is 5.92 Å². The van der Waals surface area contributed by atoms with Crippen LogP contribution in [0.15, 0.2) is 24.3 Å². The molecule has 1 unspecified atom stereocenters. The van der Waals surface area contributed by atoms with Crippen molar-refractivity contribution in [2.75, 3.05) is 33.0 Å². The van der Waals surface area contributed by atoms with Crippen LogP contribution in [-0.2, 0) is 28.5 Å². The van der Waals surface area contributed by atoms with Gasteiger partial charge in [-0.1, -0.05) is 89.0 Å². The van der Waals surface area contributed by atoms with E-state index in [2.05, 4.69) is 31.2 Å². The molecule has 7 nitrogen and oxygen atoms in total. The largest absolute Gasteiger partial charge is 0.465 e. The summed E-state index contributed by atoms with van der Waals surface area (Å²) in [7, 11) is 0. The van der Waals surface area contributed by atoms with Gasteiger partial charge >= 0.3 is 36.1 Å². The van der Waals surface area contributed by atoms with Crippen molar-refractivity contribution in [3.63, 3.8) is 0 Å². The minimum atomic E-state index is -5.60. The van der Waals surface area contributed by atoms with E-state index in [9.17, 15) is 58.6 Å². The Labute approximate surface area is 356 Å². The fourth-order valence-electron chi connectivity index (χ4n) is 5.91.